The molecule has 0 spiro atoms. The predicted octanol–water partition coefficient (Wildman–Crippen LogP) is 1.84. The summed E-state index contributed by atoms with van der Waals surface area (Å²) >= 11 is 1.90. The van der Waals surface area contributed by atoms with Crippen LogP contribution in [0.25, 0.3) is 0 Å². The van der Waals surface area contributed by atoms with Crippen molar-refractivity contribution in [1.29, 1.82) is 0 Å². The van der Waals surface area contributed by atoms with Gasteiger partial charge in [0.1, 0.15) is 0 Å². The third kappa shape index (κ3) is 8.61. The maximum atomic E-state index is 11.1. The summed E-state index contributed by atoms with van der Waals surface area (Å²) in [5.41, 5.74) is 0. The molecule has 0 radical (unpaired) electrons. The van der Waals surface area contributed by atoms with Crippen LogP contribution in [-0.4, -0.2) is 64.5 Å². The summed E-state index contributed by atoms with van der Waals surface area (Å²) in [7, 11) is -1.37. The lowest BCUT2D eigenvalue weighted by Gasteiger charge is -2.21. The molecule has 2 rings (SSSR count). The molecule has 1 aliphatic rings. The van der Waals surface area contributed by atoms with Gasteiger partial charge in [-0.15, -0.1) is 35.7 Å². The number of aliphatic imine (C=N–C) groups is 1. The van der Waals surface area contributed by atoms with E-state index in [1.807, 2.05) is 17.8 Å². The van der Waals surface area contributed by atoms with E-state index in [-0.39, 0.29) is 24.0 Å². The standard InChI is InChI=1S/C16H26N4O2S2.HI/c1-17-16(18-9-10-19-24(2,21)22)20-11-8-14(12-20)13-23-15-6-4-3-5-7-15;/h3-7,14,19H,8-13H2,1-2H3,(H,17,18);1H. The van der Waals surface area contributed by atoms with Crippen molar-refractivity contribution >= 4 is 51.7 Å². The van der Waals surface area contributed by atoms with Crippen LogP contribution in [0.3, 0.4) is 0 Å². The van der Waals surface area contributed by atoms with Gasteiger partial charge in [-0.05, 0) is 24.5 Å². The van der Waals surface area contributed by atoms with Gasteiger partial charge in [-0.2, -0.15) is 0 Å². The number of nitrogens with zero attached hydrogens (tertiary/aromatic N) is 2. The highest BCUT2D eigenvalue weighted by Gasteiger charge is 2.24. The van der Waals surface area contributed by atoms with Gasteiger partial charge in [-0.3, -0.25) is 4.99 Å². The zero-order valence-electron chi connectivity index (χ0n) is 14.6. The minimum atomic E-state index is -3.14. The van der Waals surface area contributed by atoms with Crippen LogP contribution in [-0.2, 0) is 10.0 Å². The maximum Gasteiger partial charge on any atom is 0.208 e. The highest BCUT2D eigenvalue weighted by atomic mass is 127. The average molecular weight is 498 g/mol. The van der Waals surface area contributed by atoms with Crippen LogP contribution < -0.4 is 10.0 Å². The van der Waals surface area contributed by atoms with Gasteiger partial charge in [-0.1, -0.05) is 18.2 Å². The lowest BCUT2D eigenvalue weighted by molar-refractivity contribution is 0.474. The summed E-state index contributed by atoms with van der Waals surface area (Å²) in [5.74, 6) is 2.59. The zero-order chi connectivity index (χ0) is 17.4. The molecule has 0 bridgehead atoms. The predicted molar refractivity (Wildman–Crippen MR) is 116 cm³/mol. The summed E-state index contributed by atoms with van der Waals surface area (Å²) < 4.78 is 24.6. The largest absolute Gasteiger partial charge is 0.355 e. The van der Waals surface area contributed by atoms with Crippen LogP contribution in [0.2, 0.25) is 0 Å². The minimum absolute atomic E-state index is 0. The summed E-state index contributed by atoms with van der Waals surface area (Å²) in [6, 6.07) is 10.5. The summed E-state index contributed by atoms with van der Waals surface area (Å²) in [6.07, 6.45) is 2.32. The third-order valence-corrected chi connectivity index (χ3v) is 5.77. The summed E-state index contributed by atoms with van der Waals surface area (Å²) in [5, 5.41) is 3.22. The number of hydrogen-bond donors (Lipinski definition) is 2. The molecule has 0 saturated carbocycles. The first-order chi connectivity index (χ1) is 11.5. The second-order valence-corrected chi connectivity index (χ2v) is 8.79. The van der Waals surface area contributed by atoms with E-state index in [1.165, 1.54) is 4.90 Å². The van der Waals surface area contributed by atoms with Crippen molar-refractivity contribution in [3.05, 3.63) is 30.3 Å². The second kappa shape index (κ2) is 11.2. The molecule has 0 amide bonds. The first-order valence-corrected chi connectivity index (χ1v) is 10.9. The monoisotopic (exact) mass is 498 g/mol. The zero-order valence-corrected chi connectivity index (χ0v) is 18.6. The van der Waals surface area contributed by atoms with Crippen LogP contribution >= 0.6 is 35.7 Å². The number of rotatable bonds is 7. The van der Waals surface area contributed by atoms with Gasteiger partial charge >= 0.3 is 0 Å². The highest BCUT2D eigenvalue weighted by molar-refractivity contribution is 14.0. The number of thioether (sulfide) groups is 1. The Kier molecular flexibility index (Phi) is 10.1. The van der Waals surface area contributed by atoms with Crippen LogP contribution in [0.4, 0.5) is 0 Å². The second-order valence-electron chi connectivity index (χ2n) is 5.87. The number of halogens is 1. The van der Waals surface area contributed by atoms with Gasteiger partial charge in [0.25, 0.3) is 0 Å². The molecular formula is C16H27IN4O2S2. The minimum Gasteiger partial charge on any atom is -0.355 e. The van der Waals surface area contributed by atoms with Crippen molar-refractivity contribution in [2.75, 3.05) is 45.2 Å². The lowest BCUT2D eigenvalue weighted by atomic mass is 10.2. The fourth-order valence-electron chi connectivity index (χ4n) is 2.63. The number of nitrogens with one attached hydrogen (secondary N) is 2. The molecule has 1 heterocycles. The number of sulfonamides is 1. The molecular weight excluding hydrogens is 471 g/mol. The van der Waals surface area contributed by atoms with Gasteiger partial charge in [0.15, 0.2) is 5.96 Å². The van der Waals surface area contributed by atoms with Gasteiger partial charge < -0.3 is 10.2 Å². The van der Waals surface area contributed by atoms with Crippen LogP contribution in [0.1, 0.15) is 6.42 Å². The summed E-state index contributed by atoms with van der Waals surface area (Å²) in [6.45, 7) is 2.86. The normalized spacial score (nSPS) is 18.1. The molecule has 1 fully saturated rings. The van der Waals surface area contributed by atoms with E-state index in [2.05, 4.69) is 44.2 Å². The molecule has 1 saturated heterocycles. The Labute approximate surface area is 172 Å². The van der Waals surface area contributed by atoms with Crippen LogP contribution in [0.5, 0.6) is 0 Å². The van der Waals surface area contributed by atoms with E-state index in [0.717, 1.165) is 37.5 Å². The molecule has 1 atom stereocenters. The molecule has 2 N–H and O–H groups in total. The van der Waals surface area contributed by atoms with E-state index >= 15 is 0 Å². The molecule has 1 unspecified atom stereocenters. The van der Waals surface area contributed by atoms with E-state index in [4.69, 9.17) is 0 Å². The smallest absolute Gasteiger partial charge is 0.208 e. The van der Waals surface area contributed by atoms with Gasteiger partial charge in [0, 0.05) is 43.9 Å². The van der Waals surface area contributed by atoms with Crippen molar-refractivity contribution in [3.63, 3.8) is 0 Å². The molecule has 0 aromatic heterocycles. The lowest BCUT2D eigenvalue weighted by Crippen LogP contribution is -2.43. The fraction of sp³-hybridized carbons (Fsp3) is 0.562. The third-order valence-electron chi connectivity index (χ3n) is 3.80. The van der Waals surface area contributed by atoms with Crippen molar-refractivity contribution < 1.29 is 8.42 Å². The topological polar surface area (TPSA) is 73.8 Å². The molecule has 25 heavy (non-hydrogen) atoms. The first kappa shape index (κ1) is 22.5. The Morgan fingerprint density at radius 2 is 2.04 bits per heavy atom. The Morgan fingerprint density at radius 1 is 1.32 bits per heavy atom. The van der Waals surface area contributed by atoms with Gasteiger partial charge in [0.05, 0.1) is 6.26 Å². The first-order valence-electron chi connectivity index (χ1n) is 8.06. The Morgan fingerprint density at radius 3 is 2.68 bits per heavy atom. The fourth-order valence-corrected chi connectivity index (χ4v) is 4.16. The van der Waals surface area contributed by atoms with Crippen LogP contribution in [0, 0.1) is 5.92 Å². The van der Waals surface area contributed by atoms with E-state index in [9.17, 15) is 8.42 Å². The average Bonchev–Trinajstić information content (AvgIpc) is 3.02. The molecule has 142 valence electrons. The van der Waals surface area contributed by atoms with E-state index < -0.39 is 10.0 Å². The van der Waals surface area contributed by atoms with Gasteiger partial charge in [-0.25, -0.2) is 13.1 Å². The van der Waals surface area contributed by atoms with Crippen LogP contribution in [0.15, 0.2) is 40.2 Å². The maximum absolute atomic E-state index is 11.1. The molecule has 1 aromatic rings. The van der Waals surface area contributed by atoms with Gasteiger partial charge in [0.2, 0.25) is 10.0 Å². The number of likely N-dealkylation sites (tertiary alicyclic amines) is 1. The van der Waals surface area contributed by atoms with Crippen molar-refractivity contribution in [1.82, 2.24) is 14.9 Å². The van der Waals surface area contributed by atoms with E-state index in [1.54, 1.807) is 7.05 Å². The quantitative estimate of drug-likeness (QED) is 0.197. The SMILES string of the molecule is CN=C(NCCNS(C)(=O)=O)N1CCC(CSc2ccccc2)C1.I. The number of hydrogen-bond acceptors (Lipinski definition) is 4. The van der Waals surface area contributed by atoms with E-state index in [0.29, 0.717) is 19.0 Å². The molecule has 1 aromatic carbocycles. The molecule has 1 aliphatic heterocycles. The van der Waals surface area contributed by atoms with Crippen molar-refractivity contribution in [3.8, 4) is 0 Å². The number of benzene rings is 1. The van der Waals surface area contributed by atoms with Crippen molar-refractivity contribution in [2.24, 2.45) is 10.9 Å². The summed E-state index contributed by atoms with van der Waals surface area (Å²) in [4.78, 5) is 7.86. The Hall–Kier alpha value is -0.520. The number of guanidine groups is 1. The molecule has 0 aliphatic carbocycles. The molecule has 6 nitrogen and oxygen atoms in total. The highest BCUT2D eigenvalue weighted by Crippen LogP contribution is 2.25. The Balaban J connectivity index is 0.00000312. The Bertz CT molecular complexity index is 641. The van der Waals surface area contributed by atoms with Crippen molar-refractivity contribution in [2.45, 2.75) is 11.3 Å². The molecule has 9 heteroatoms.